The zero-order chi connectivity index (χ0) is 12.0. The van der Waals surface area contributed by atoms with E-state index < -0.39 is 0 Å². The van der Waals surface area contributed by atoms with Crippen molar-refractivity contribution in [1.82, 2.24) is 0 Å². The van der Waals surface area contributed by atoms with E-state index >= 15 is 0 Å². The summed E-state index contributed by atoms with van der Waals surface area (Å²) in [6.07, 6.45) is 2.13. The molecule has 0 spiro atoms. The molecule has 0 aliphatic heterocycles. The number of carbonyl (C=O) groups is 1. The van der Waals surface area contributed by atoms with Crippen molar-refractivity contribution in [2.75, 3.05) is 7.11 Å². The fraction of sp³-hybridized carbons (Fsp3) is 0.267. The molecule has 2 aromatic rings. The predicted octanol–water partition coefficient (Wildman–Crippen LogP) is 3.15. The number of Topliss-reactive ketones (excluding diaryl/α,β-unsaturated/α-hetero) is 1. The third-order valence-corrected chi connectivity index (χ3v) is 3.56. The van der Waals surface area contributed by atoms with Gasteiger partial charge in [0, 0.05) is 10.9 Å². The van der Waals surface area contributed by atoms with E-state index in [4.69, 9.17) is 4.74 Å². The molecule has 17 heavy (non-hydrogen) atoms. The predicted molar refractivity (Wildman–Crippen MR) is 67.9 cm³/mol. The summed E-state index contributed by atoms with van der Waals surface area (Å²) in [5, 5.41) is 2.23. The summed E-state index contributed by atoms with van der Waals surface area (Å²) in [5.41, 5.74) is 3.43. The van der Waals surface area contributed by atoms with Gasteiger partial charge in [-0.2, -0.15) is 0 Å². The molecule has 0 aromatic heterocycles. The van der Waals surface area contributed by atoms with Gasteiger partial charge in [0.1, 0.15) is 5.75 Å². The summed E-state index contributed by atoms with van der Waals surface area (Å²) in [6, 6.07) is 8.09. The highest BCUT2D eigenvalue weighted by molar-refractivity contribution is 6.11. The highest BCUT2D eigenvalue weighted by Crippen LogP contribution is 2.38. The van der Waals surface area contributed by atoms with Crippen molar-refractivity contribution < 1.29 is 9.53 Å². The molecule has 0 atom stereocenters. The topological polar surface area (TPSA) is 26.3 Å². The first-order chi connectivity index (χ1) is 8.22. The molecule has 0 unspecified atom stereocenters. The van der Waals surface area contributed by atoms with Crippen LogP contribution in [0.4, 0.5) is 0 Å². The van der Waals surface area contributed by atoms with Crippen molar-refractivity contribution in [1.29, 1.82) is 0 Å². The van der Waals surface area contributed by atoms with E-state index in [0.717, 1.165) is 29.5 Å². The Labute approximate surface area is 100 Å². The van der Waals surface area contributed by atoms with Crippen LogP contribution in [0.3, 0.4) is 0 Å². The second-order valence-corrected chi connectivity index (χ2v) is 4.51. The first kappa shape index (κ1) is 10.3. The standard InChI is InChI=1S/C15H14O2/c1-9(16)12-7-5-10-3-4-11-6-8-13(17-2)15(12)14(10)11/h5-8H,3-4H2,1-2H3. The van der Waals surface area contributed by atoms with Crippen LogP contribution in [-0.4, -0.2) is 12.9 Å². The molecular formula is C15H14O2. The lowest BCUT2D eigenvalue weighted by atomic mass is 9.97. The van der Waals surface area contributed by atoms with Gasteiger partial charge in [0.15, 0.2) is 5.78 Å². The van der Waals surface area contributed by atoms with Gasteiger partial charge in [0.25, 0.3) is 0 Å². The minimum atomic E-state index is 0.0962. The van der Waals surface area contributed by atoms with Crippen molar-refractivity contribution in [2.45, 2.75) is 19.8 Å². The molecular weight excluding hydrogens is 212 g/mol. The summed E-state index contributed by atoms with van der Waals surface area (Å²) in [5.74, 6) is 0.900. The highest BCUT2D eigenvalue weighted by Gasteiger charge is 2.20. The van der Waals surface area contributed by atoms with Crippen molar-refractivity contribution >= 4 is 16.6 Å². The normalized spacial score (nSPS) is 13.1. The molecule has 3 rings (SSSR count). The van der Waals surface area contributed by atoms with Gasteiger partial charge in [-0.3, -0.25) is 4.79 Å². The van der Waals surface area contributed by atoms with Gasteiger partial charge in [-0.05, 0) is 42.3 Å². The number of methoxy groups -OCH3 is 1. The van der Waals surface area contributed by atoms with Gasteiger partial charge >= 0.3 is 0 Å². The number of aryl methyl sites for hydroxylation is 2. The molecule has 0 fully saturated rings. The first-order valence-corrected chi connectivity index (χ1v) is 5.84. The Morgan fingerprint density at radius 1 is 1.06 bits per heavy atom. The van der Waals surface area contributed by atoms with E-state index in [-0.39, 0.29) is 5.78 Å². The maximum Gasteiger partial charge on any atom is 0.160 e. The Morgan fingerprint density at radius 2 is 1.71 bits per heavy atom. The number of benzene rings is 2. The summed E-state index contributed by atoms with van der Waals surface area (Å²) in [7, 11) is 1.66. The minimum absolute atomic E-state index is 0.0962. The Bertz CT molecular complexity index is 616. The molecule has 0 saturated carbocycles. The van der Waals surface area contributed by atoms with Crippen LogP contribution in [0.25, 0.3) is 10.8 Å². The average Bonchev–Trinajstić information content (AvgIpc) is 2.75. The smallest absolute Gasteiger partial charge is 0.160 e. The monoisotopic (exact) mass is 226 g/mol. The second-order valence-electron chi connectivity index (χ2n) is 4.51. The molecule has 0 radical (unpaired) electrons. The van der Waals surface area contributed by atoms with Crippen molar-refractivity contribution in [3.05, 3.63) is 41.0 Å². The lowest BCUT2D eigenvalue weighted by Gasteiger charge is -2.11. The highest BCUT2D eigenvalue weighted by atomic mass is 16.5. The van der Waals surface area contributed by atoms with Crippen LogP contribution in [0.15, 0.2) is 24.3 Å². The summed E-state index contributed by atoms with van der Waals surface area (Å²) < 4.78 is 5.40. The molecule has 0 heterocycles. The summed E-state index contributed by atoms with van der Waals surface area (Å²) in [6.45, 7) is 1.61. The fourth-order valence-electron chi connectivity index (χ4n) is 2.76. The van der Waals surface area contributed by atoms with E-state index in [0.29, 0.717) is 0 Å². The van der Waals surface area contributed by atoms with Gasteiger partial charge < -0.3 is 4.74 Å². The van der Waals surface area contributed by atoms with Crippen LogP contribution >= 0.6 is 0 Å². The first-order valence-electron chi connectivity index (χ1n) is 5.84. The minimum Gasteiger partial charge on any atom is -0.496 e. The molecule has 2 heteroatoms. The quantitative estimate of drug-likeness (QED) is 0.735. The number of hydrogen-bond donors (Lipinski definition) is 0. The lowest BCUT2D eigenvalue weighted by Crippen LogP contribution is -1.97. The summed E-state index contributed by atoms with van der Waals surface area (Å²) >= 11 is 0. The van der Waals surface area contributed by atoms with Crippen molar-refractivity contribution in [3.8, 4) is 5.75 Å². The van der Waals surface area contributed by atoms with Crippen LogP contribution in [0, 0.1) is 0 Å². The number of ketones is 1. The van der Waals surface area contributed by atoms with Crippen LogP contribution < -0.4 is 4.74 Å². The van der Waals surface area contributed by atoms with Gasteiger partial charge in [-0.1, -0.05) is 18.2 Å². The van der Waals surface area contributed by atoms with Crippen LogP contribution in [0.1, 0.15) is 28.4 Å². The van der Waals surface area contributed by atoms with Crippen LogP contribution in [0.5, 0.6) is 5.75 Å². The number of rotatable bonds is 2. The van der Waals surface area contributed by atoms with E-state index in [9.17, 15) is 4.79 Å². The second kappa shape index (κ2) is 3.59. The molecule has 0 bridgehead atoms. The average molecular weight is 226 g/mol. The number of hydrogen-bond acceptors (Lipinski definition) is 2. The number of carbonyl (C=O) groups excluding carboxylic acids is 1. The molecule has 2 nitrogen and oxygen atoms in total. The van der Waals surface area contributed by atoms with Crippen molar-refractivity contribution in [2.24, 2.45) is 0 Å². The lowest BCUT2D eigenvalue weighted by molar-refractivity contribution is 0.101. The number of ether oxygens (including phenoxy) is 1. The SMILES string of the molecule is COc1ccc2c3c(ccc(C(C)=O)c13)CC2. The van der Waals surface area contributed by atoms with E-state index in [1.54, 1.807) is 14.0 Å². The molecule has 86 valence electrons. The van der Waals surface area contributed by atoms with E-state index in [1.807, 2.05) is 12.1 Å². The Kier molecular flexibility index (Phi) is 2.18. The maximum absolute atomic E-state index is 11.7. The maximum atomic E-state index is 11.7. The molecule has 1 aliphatic rings. The van der Waals surface area contributed by atoms with Gasteiger partial charge in [-0.15, -0.1) is 0 Å². The van der Waals surface area contributed by atoms with Gasteiger partial charge in [0.05, 0.1) is 7.11 Å². The zero-order valence-corrected chi connectivity index (χ0v) is 10.0. The molecule has 2 aromatic carbocycles. The summed E-state index contributed by atoms with van der Waals surface area (Å²) in [4.78, 5) is 11.7. The molecule has 0 N–H and O–H groups in total. The molecule has 0 saturated heterocycles. The third kappa shape index (κ3) is 1.37. The third-order valence-electron chi connectivity index (χ3n) is 3.56. The Balaban J connectivity index is 2.50. The van der Waals surface area contributed by atoms with Gasteiger partial charge in [-0.25, -0.2) is 0 Å². The van der Waals surface area contributed by atoms with E-state index in [2.05, 4.69) is 12.1 Å². The van der Waals surface area contributed by atoms with Crippen LogP contribution in [-0.2, 0) is 12.8 Å². The Hall–Kier alpha value is -1.83. The largest absolute Gasteiger partial charge is 0.496 e. The Morgan fingerprint density at radius 3 is 2.29 bits per heavy atom. The van der Waals surface area contributed by atoms with Crippen LogP contribution in [0.2, 0.25) is 0 Å². The zero-order valence-electron chi connectivity index (χ0n) is 10.0. The van der Waals surface area contributed by atoms with Crippen molar-refractivity contribution in [3.63, 3.8) is 0 Å². The molecule has 1 aliphatic carbocycles. The van der Waals surface area contributed by atoms with Gasteiger partial charge in [0.2, 0.25) is 0 Å². The molecule has 0 amide bonds. The van der Waals surface area contributed by atoms with E-state index in [1.165, 1.54) is 16.5 Å². The fourth-order valence-corrected chi connectivity index (χ4v) is 2.76.